The van der Waals surface area contributed by atoms with Crippen LogP contribution < -0.4 is 0 Å². The van der Waals surface area contributed by atoms with Gasteiger partial charge < -0.3 is 5.11 Å². The van der Waals surface area contributed by atoms with E-state index in [2.05, 4.69) is 0 Å². The number of aliphatic hydroxyl groups is 1. The van der Waals surface area contributed by atoms with Gasteiger partial charge in [0.2, 0.25) is 0 Å². The quantitative estimate of drug-likeness (QED) is 0.671. The highest BCUT2D eigenvalue weighted by Gasteiger charge is 2.45. The smallest absolute Gasteiger partial charge is 0.274 e. The summed E-state index contributed by atoms with van der Waals surface area (Å²) in [5.41, 5.74) is 0. The summed E-state index contributed by atoms with van der Waals surface area (Å²) in [4.78, 5) is 0. The highest BCUT2D eigenvalue weighted by molar-refractivity contribution is 7.87. The molecule has 2 unspecified atom stereocenters. The maximum absolute atomic E-state index is 11.2. The van der Waals surface area contributed by atoms with Gasteiger partial charge >= 0.3 is 0 Å². The normalized spacial score (nSPS) is 34.4. The van der Waals surface area contributed by atoms with Crippen LogP contribution in [0.15, 0.2) is 24.3 Å². The molecule has 0 bridgehead atoms. The van der Waals surface area contributed by atoms with E-state index in [0.29, 0.717) is 0 Å². The molecule has 0 aromatic carbocycles. The maximum atomic E-state index is 11.2. The molecule has 0 amide bonds. The molecule has 14 heavy (non-hydrogen) atoms. The van der Waals surface area contributed by atoms with Gasteiger partial charge in [0.1, 0.15) is 4.75 Å². The summed E-state index contributed by atoms with van der Waals surface area (Å²) in [6.45, 7) is 2.89. The molecule has 1 aliphatic carbocycles. The Bertz CT molecular complexity index is 366. The monoisotopic (exact) mass is 218 g/mol. The van der Waals surface area contributed by atoms with Crippen LogP contribution in [0.5, 0.6) is 0 Å². The minimum Gasteiger partial charge on any atom is -0.393 e. The largest absolute Gasteiger partial charge is 0.393 e. The lowest BCUT2D eigenvalue weighted by molar-refractivity contribution is 0.133. The van der Waals surface area contributed by atoms with Gasteiger partial charge in [0.25, 0.3) is 10.1 Å². The van der Waals surface area contributed by atoms with Crippen molar-refractivity contribution in [3.05, 3.63) is 24.3 Å². The lowest BCUT2D eigenvalue weighted by atomic mass is 9.85. The number of allylic oxidation sites excluding steroid dienone is 2. The second-order valence-corrected chi connectivity index (χ2v) is 5.50. The Morgan fingerprint density at radius 2 is 2.00 bits per heavy atom. The molecular weight excluding hydrogens is 204 g/mol. The van der Waals surface area contributed by atoms with Gasteiger partial charge in [0, 0.05) is 5.92 Å². The van der Waals surface area contributed by atoms with Gasteiger partial charge in [-0.2, -0.15) is 8.42 Å². The summed E-state index contributed by atoms with van der Waals surface area (Å²) in [7, 11) is -4.22. The van der Waals surface area contributed by atoms with E-state index in [0.717, 1.165) is 0 Å². The summed E-state index contributed by atoms with van der Waals surface area (Å²) in [5, 5.41) is 9.42. The molecule has 3 atom stereocenters. The number of rotatable bonds is 2. The lowest BCUT2D eigenvalue weighted by Crippen LogP contribution is -2.45. The molecule has 1 aliphatic rings. The molecule has 0 aromatic rings. The highest BCUT2D eigenvalue weighted by Crippen LogP contribution is 2.33. The zero-order valence-electron chi connectivity index (χ0n) is 8.08. The van der Waals surface area contributed by atoms with Crippen molar-refractivity contribution in [1.82, 2.24) is 0 Å². The fourth-order valence-electron chi connectivity index (χ4n) is 1.63. The SMILES string of the molecule is C[C@@H](O)C1C=CC=CC1(C)S(=O)(=O)O. The summed E-state index contributed by atoms with van der Waals surface area (Å²) in [6.07, 6.45) is 5.35. The second kappa shape index (κ2) is 3.49. The van der Waals surface area contributed by atoms with E-state index in [4.69, 9.17) is 4.55 Å². The average molecular weight is 218 g/mol. The molecule has 0 radical (unpaired) electrons. The predicted molar refractivity (Wildman–Crippen MR) is 53.4 cm³/mol. The van der Waals surface area contributed by atoms with Crippen molar-refractivity contribution in [1.29, 1.82) is 0 Å². The first-order valence-corrected chi connectivity index (χ1v) is 5.74. The van der Waals surface area contributed by atoms with Crippen molar-refractivity contribution < 1.29 is 18.1 Å². The van der Waals surface area contributed by atoms with Crippen molar-refractivity contribution >= 4 is 10.1 Å². The Morgan fingerprint density at radius 3 is 2.36 bits per heavy atom. The third kappa shape index (κ3) is 1.75. The number of hydrogen-bond acceptors (Lipinski definition) is 3. The molecule has 5 heteroatoms. The minimum atomic E-state index is -4.22. The minimum absolute atomic E-state index is 0.623. The average Bonchev–Trinajstić information content (AvgIpc) is 2.02. The van der Waals surface area contributed by atoms with Crippen LogP contribution in [0, 0.1) is 5.92 Å². The number of aliphatic hydroxyl groups excluding tert-OH is 1. The van der Waals surface area contributed by atoms with E-state index in [1.165, 1.54) is 19.9 Å². The molecule has 0 saturated carbocycles. The van der Waals surface area contributed by atoms with Gasteiger partial charge in [0.05, 0.1) is 6.10 Å². The first kappa shape index (κ1) is 11.4. The number of hydrogen-bond donors (Lipinski definition) is 2. The van der Waals surface area contributed by atoms with Crippen molar-refractivity contribution in [2.24, 2.45) is 5.92 Å². The first-order chi connectivity index (χ1) is 6.29. The van der Waals surface area contributed by atoms with Gasteiger partial charge in [-0.25, -0.2) is 0 Å². The second-order valence-electron chi connectivity index (χ2n) is 3.67. The third-order valence-electron chi connectivity index (χ3n) is 2.59. The first-order valence-electron chi connectivity index (χ1n) is 4.30. The molecule has 0 aliphatic heterocycles. The molecule has 0 aromatic heterocycles. The molecule has 0 heterocycles. The van der Waals surface area contributed by atoms with E-state index in [-0.39, 0.29) is 0 Å². The van der Waals surface area contributed by atoms with Gasteiger partial charge in [-0.1, -0.05) is 24.3 Å². The lowest BCUT2D eigenvalue weighted by Gasteiger charge is -2.33. The van der Waals surface area contributed by atoms with Crippen LogP contribution in [0.4, 0.5) is 0 Å². The molecule has 0 saturated heterocycles. The Morgan fingerprint density at radius 1 is 1.43 bits per heavy atom. The van der Waals surface area contributed by atoms with Gasteiger partial charge in [-0.3, -0.25) is 4.55 Å². The molecule has 80 valence electrons. The molecular formula is C9H14O4S. The maximum Gasteiger partial charge on any atom is 0.274 e. The van der Waals surface area contributed by atoms with E-state index < -0.39 is 26.9 Å². The standard InChI is InChI=1S/C9H14O4S/c1-7(10)8-5-3-4-6-9(8,2)14(11,12)13/h3-8,10H,1-2H3,(H,11,12,13)/t7-,8?,9?/m1/s1. The van der Waals surface area contributed by atoms with Gasteiger partial charge in [-0.15, -0.1) is 0 Å². The van der Waals surface area contributed by atoms with Gasteiger partial charge in [0.15, 0.2) is 0 Å². The Hall–Kier alpha value is -0.650. The van der Waals surface area contributed by atoms with Crippen LogP contribution in [-0.4, -0.2) is 28.9 Å². The summed E-state index contributed by atoms with van der Waals surface area (Å²) < 4.78 is 30.0. The van der Waals surface area contributed by atoms with E-state index in [9.17, 15) is 13.5 Å². The molecule has 1 rings (SSSR count). The van der Waals surface area contributed by atoms with Crippen molar-refractivity contribution in [3.8, 4) is 0 Å². The third-order valence-corrected chi connectivity index (χ3v) is 4.11. The van der Waals surface area contributed by atoms with E-state index in [1.54, 1.807) is 18.2 Å². The van der Waals surface area contributed by atoms with Crippen molar-refractivity contribution in [2.75, 3.05) is 0 Å². The topological polar surface area (TPSA) is 74.6 Å². The zero-order valence-corrected chi connectivity index (χ0v) is 8.90. The van der Waals surface area contributed by atoms with Crippen molar-refractivity contribution in [2.45, 2.75) is 24.7 Å². The van der Waals surface area contributed by atoms with Crippen LogP contribution in [0.1, 0.15) is 13.8 Å². The highest BCUT2D eigenvalue weighted by atomic mass is 32.2. The molecule has 4 nitrogen and oxygen atoms in total. The Labute approximate surface area is 83.7 Å². The van der Waals surface area contributed by atoms with Crippen LogP contribution in [0.25, 0.3) is 0 Å². The zero-order chi connectivity index (χ0) is 11.0. The molecule has 0 spiro atoms. The van der Waals surface area contributed by atoms with Crippen LogP contribution >= 0.6 is 0 Å². The van der Waals surface area contributed by atoms with Crippen LogP contribution in [0.2, 0.25) is 0 Å². The fraction of sp³-hybridized carbons (Fsp3) is 0.556. The Balaban J connectivity index is 3.20. The Kier molecular flexibility index (Phi) is 2.85. The van der Waals surface area contributed by atoms with Gasteiger partial charge in [-0.05, 0) is 13.8 Å². The van der Waals surface area contributed by atoms with E-state index >= 15 is 0 Å². The summed E-state index contributed by atoms with van der Waals surface area (Å²) >= 11 is 0. The molecule has 2 N–H and O–H groups in total. The predicted octanol–water partition coefficient (Wildman–Crippen LogP) is 0.756. The summed E-state index contributed by atoms with van der Waals surface area (Å²) in [5.74, 6) is -0.623. The fourth-order valence-corrected chi connectivity index (χ4v) is 2.50. The van der Waals surface area contributed by atoms with E-state index in [1.807, 2.05) is 0 Å². The van der Waals surface area contributed by atoms with Crippen LogP contribution in [-0.2, 0) is 10.1 Å². The van der Waals surface area contributed by atoms with Crippen molar-refractivity contribution in [3.63, 3.8) is 0 Å². The van der Waals surface area contributed by atoms with Crippen LogP contribution in [0.3, 0.4) is 0 Å². The summed E-state index contributed by atoms with van der Waals surface area (Å²) in [6, 6.07) is 0. The molecule has 0 fully saturated rings.